The zero-order valence-electron chi connectivity index (χ0n) is 18.4. The highest BCUT2D eigenvalue weighted by molar-refractivity contribution is 6.35. The Morgan fingerprint density at radius 1 is 1.09 bits per heavy atom. The molecule has 0 radical (unpaired) electrons. The van der Waals surface area contributed by atoms with Gasteiger partial charge in [-0.25, -0.2) is 4.79 Å². The van der Waals surface area contributed by atoms with E-state index >= 15 is 0 Å². The second-order valence-electron chi connectivity index (χ2n) is 9.85. The van der Waals surface area contributed by atoms with Crippen LogP contribution < -0.4 is 10.1 Å². The van der Waals surface area contributed by atoms with Crippen LogP contribution in [0.1, 0.15) is 38.3 Å². The highest BCUT2D eigenvalue weighted by Crippen LogP contribution is 2.44. The van der Waals surface area contributed by atoms with E-state index in [-0.39, 0.29) is 23.7 Å². The molecular weight excluding hydrogens is 447 g/mol. The summed E-state index contributed by atoms with van der Waals surface area (Å²) in [7, 11) is 0. The largest absolute Gasteiger partial charge is 0.493 e. The third kappa shape index (κ3) is 4.30. The highest BCUT2D eigenvalue weighted by Gasteiger charge is 2.41. The van der Waals surface area contributed by atoms with Crippen molar-refractivity contribution in [3.8, 4) is 16.9 Å². The number of nitrogens with zero attached hydrogens (tertiary/aromatic N) is 1. The number of alkyl carbamates (subject to hydrolysis) is 1. The number of rotatable bonds is 3. The van der Waals surface area contributed by atoms with Gasteiger partial charge in [0.05, 0.1) is 12.6 Å². The highest BCUT2D eigenvalue weighted by atomic mass is 35.5. The maximum atomic E-state index is 12.9. The van der Waals surface area contributed by atoms with E-state index in [9.17, 15) is 4.79 Å². The summed E-state index contributed by atoms with van der Waals surface area (Å²) in [6.07, 6.45) is 1.86. The number of fused-ring (bicyclic) bond motifs is 4. The molecule has 0 aliphatic carbocycles. The maximum absolute atomic E-state index is 12.9. The quantitative estimate of drug-likeness (QED) is 0.597. The van der Waals surface area contributed by atoms with Gasteiger partial charge >= 0.3 is 6.09 Å². The standard InChI is InChI=1S/C25H28Cl2N2O3/c1-25(2)14-31-21-11-16(17-9-18(26)12-19(27)10-17)3-4-20(21)23(25)28-24(30)32-22-13-29-7-5-15(22)6-8-29/h3-4,9-12,15,22-23H,5-8,13-14H2,1-2H3,(H,28,30)/t22-,23?/m0/s1. The molecule has 32 heavy (non-hydrogen) atoms. The van der Waals surface area contributed by atoms with Gasteiger partial charge in [0.1, 0.15) is 11.9 Å². The number of carbonyl (C=O) groups is 1. The Kier molecular flexibility index (Phi) is 5.77. The number of benzene rings is 2. The Balaban J connectivity index is 1.36. The molecule has 1 N–H and O–H groups in total. The predicted octanol–water partition coefficient (Wildman–Crippen LogP) is 5.94. The molecule has 2 aromatic rings. The third-order valence-electron chi connectivity index (χ3n) is 7.02. The van der Waals surface area contributed by atoms with E-state index in [0.717, 1.165) is 54.9 Å². The van der Waals surface area contributed by atoms with Gasteiger partial charge in [0.15, 0.2) is 0 Å². The molecule has 2 bridgehead atoms. The van der Waals surface area contributed by atoms with Gasteiger partial charge in [-0.1, -0.05) is 49.2 Å². The van der Waals surface area contributed by atoms with Gasteiger partial charge in [-0.05, 0) is 67.2 Å². The zero-order valence-corrected chi connectivity index (χ0v) is 19.9. The van der Waals surface area contributed by atoms with Crippen LogP contribution in [0.5, 0.6) is 5.75 Å². The molecule has 3 saturated heterocycles. The summed E-state index contributed by atoms with van der Waals surface area (Å²) in [6, 6.07) is 11.3. The SMILES string of the molecule is CC1(C)COc2cc(-c3cc(Cl)cc(Cl)c3)ccc2C1NC(=O)O[C@H]1CN2CCC1CC2. The molecule has 1 amide bonds. The summed E-state index contributed by atoms with van der Waals surface area (Å²) in [5, 5.41) is 4.32. The number of hydrogen-bond acceptors (Lipinski definition) is 4. The van der Waals surface area contributed by atoms with Gasteiger partial charge in [-0.2, -0.15) is 0 Å². The summed E-state index contributed by atoms with van der Waals surface area (Å²) in [4.78, 5) is 15.3. The first-order chi connectivity index (χ1) is 15.3. The first-order valence-corrected chi connectivity index (χ1v) is 12.0. The summed E-state index contributed by atoms with van der Waals surface area (Å²) in [5.74, 6) is 1.24. The third-order valence-corrected chi connectivity index (χ3v) is 7.45. The number of piperidine rings is 3. The molecule has 170 valence electrons. The molecule has 4 aliphatic heterocycles. The fraction of sp³-hybridized carbons (Fsp3) is 0.480. The lowest BCUT2D eigenvalue weighted by molar-refractivity contribution is -0.0361. The van der Waals surface area contributed by atoms with Gasteiger partial charge in [0.25, 0.3) is 0 Å². The predicted molar refractivity (Wildman–Crippen MR) is 126 cm³/mol. The van der Waals surface area contributed by atoms with Crippen LogP contribution >= 0.6 is 23.2 Å². The Morgan fingerprint density at radius 2 is 1.81 bits per heavy atom. The van der Waals surface area contributed by atoms with Crippen molar-refractivity contribution in [3.05, 3.63) is 52.0 Å². The van der Waals surface area contributed by atoms with Crippen molar-refractivity contribution in [1.29, 1.82) is 0 Å². The molecule has 4 aliphatic rings. The number of halogens is 2. The molecule has 4 heterocycles. The van der Waals surface area contributed by atoms with Crippen LogP contribution in [0.25, 0.3) is 11.1 Å². The Bertz CT molecular complexity index is 1010. The van der Waals surface area contributed by atoms with Crippen LogP contribution in [-0.2, 0) is 4.74 Å². The number of carbonyl (C=O) groups excluding carboxylic acids is 1. The summed E-state index contributed by atoms with van der Waals surface area (Å²) in [5.41, 5.74) is 2.55. The molecule has 1 unspecified atom stereocenters. The minimum Gasteiger partial charge on any atom is -0.493 e. The van der Waals surface area contributed by atoms with Crippen LogP contribution in [0, 0.1) is 11.3 Å². The number of amides is 1. The molecule has 0 saturated carbocycles. The molecule has 5 nitrogen and oxygen atoms in total. The Morgan fingerprint density at radius 3 is 2.47 bits per heavy atom. The maximum Gasteiger partial charge on any atom is 0.407 e. The van der Waals surface area contributed by atoms with E-state index in [0.29, 0.717) is 22.6 Å². The molecule has 2 aromatic carbocycles. The minimum atomic E-state index is -0.347. The second-order valence-corrected chi connectivity index (χ2v) is 10.7. The molecule has 7 heteroatoms. The average Bonchev–Trinajstić information content (AvgIpc) is 2.75. The molecular formula is C25H28Cl2N2O3. The van der Waals surface area contributed by atoms with E-state index in [2.05, 4.69) is 24.1 Å². The van der Waals surface area contributed by atoms with Crippen LogP contribution in [-0.4, -0.2) is 43.3 Å². The first-order valence-electron chi connectivity index (χ1n) is 11.2. The fourth-order valence-corrected chi connectivity index (χ4v) is 5.70. The van der Waals surface area contributed by atoms with Gasteiger partial charge in [-0.15, -0.1) is 0 Å². The van der Waals surface area contributed by atoms with E-state index in [4.69, 9.17) is 32.7 Å². The molecule has 2 atom stereocenters. The molecule has 6 rings (SSSR count). The number of hydrogen-bond donors (Lipinski definition) is 1. The second kappa shape index (κ2) is 8.44. The van der Waals surface area contributed by atoms with Crippen LogP contribution in [0.4, 0.5) is 4.79 Å². The van der Waals surface area contributed by atoms with Crippen LogP contribution in [0.3, 0.4) is 0 Å². The van der Waals surface area contributed by atoms with Gasteiger partial charge < -0.3 is 14.8 Å². The Hall–Kier alpha value is -1.95. The van der Waals surface area contributed by atoms with E-state index in [1.807, 2.05) is 30.3 Å². The average molecular weight is 475 g/mol. The van der Waals surface area contributed by atoms with Crippen LogP contribution in [0.2, 0.25) is 10.0 Å². The molecule has 0 spiro atoms. The monoisotopic (exact) mass is 474 g/mol. The lowest BCUT2D eigenvalue weighted by Gasteiger charge is -2.44. The summed E-state index contributed by atoms with van der Waals surface area (Å²) in [6.45, 7) is 7.76. The van der Waals surface area contributed by atoms with Gasteiger partial charge in [0, 0.05) is 27.6 Å². The lowest BCUT2D eigenvalue weighted by Crippen LogP contribution is -2.53. The summed E-state index contributed by atoms with van der Waals surface area (Å²) < 4.78 is 12.0. The lowest BCUT2D eigenvalue weighted by atomic mass is 9.78. The normalized spacial score (nSPS) is 27.9. The van der Waals surface area contributed by atoms with E-state index in [1.165, 1.54) is 0 Å². The van der Waals surface area contributed by atoms with Crippen molar-refractivity contribution in [2.45, 2.75) is 38.8 Å². The van der Waals surface area contributed by atoms with Crippen molar-refractivity contribution in [1.82, 2.24) is 10.2 Å². The number of nitrogens with one attached hydrogen (secondary N) is 1. The zero-order chi connectivity index (χ0) is 22.5. The summed E-state index contributed by atoms with van der Waals surface area (Å²) >= 11 is 12.4. The van der Waals surface area contributed by atoms with Crippen LogP contribution in [0.15, 0.2) is 36.4 Å². The first kappa shape index (κ1) is 21.9. The molecule has 3 fully saturated rings. The minimum absolute atomic E-state index is 0.0186. The number of ether oxygens (including phenoxy) is 2. The van der Waals surface area contributed by atoms with Crippen molar-refractivity contribution in [2.24, 2.45) is 11.3 Å². The van der Waals surface area contributed by atoms with E-state index < -0.39 is 0 Å². The van der Waals surface area contributed by atoms with Crippen molar-refractivity contribution < 1.29 is 14.3 Å². The van der Waals surface area contributed by atoms with Crippen molar-refractivity contribution in [3.63, 3.8) is 0 Å². The fourth-order valence-electron chi connectivity index (χ4n) is 5.17. The smallest absolute Gasteiger partial charge is 0.407 e. The van der Waals surface area contributed by atoms with Gasteiger partial charge in [-0.3, -0.25) is 4.90 Å². The van der Waals surface area contributed by atoms with E-state index in [1.54, 1.807) is 6.07 Å². The van der Waals surface area contributed by atoms with Crippen molar-refractivity contribution >= 4 is 29.3 Å². The molecule has 0 aromatic heterocycles. The Labute approximate surface area is 199 Å². The van der Waals surface area contributed by atoms with Gasteiger partial charge in [0.2, 0.25) is 0 Å². The topological polar surface area (TPSA) is 50.8 Å². The van der Waals surface area contributed by atoms with Crippen molar-refractivity contribution in [2.75, 3.05) is 26.2 Å².